The van der Waals surface area contributed by atoms with Crippen LogP contribution in [0.15, 0.2) is 66.1 Å². The first kappa shape index (κ1) is 20.9. The van der Waals surface area contributed by atoms with Crippen LogP contribution >= 0.6 is 23.4 Å². The van der Waals surface area contributed by atoms with Gasteiger partial charge in [-0.3, -0.25) is 9.59 Å². The first-order valence-electron chi connectivity index (χ1n) is 8.86. The molecule has 0 atom stereocenters. The normalized spacial score (nSPS) is 10.6. The van der Waals surface area contributed by atoms with E-state index in [1.54, 1.807) is 24.1 Å². The van der Waals surface area contributed by atoms with Crippen molar-refractivity contribution >= 4 is 35.2 Å². The molecule has 0 bridgehead atoms. The molecule has 3 rings (SSSR count). The molecule has 0 aliphatic heterocycles. The molecule has 0 spiro atoms. The minimum absolute atomic E-state index is 0.0107. The third-order valence-electron chi connectivity index (χ3n) is 4.15. The van der Waals surface area contributed by atoms with Gasteiger partial charge in [0.05, 0.1) is 23.0 Å². The molecule has 1 heterocycles. The summed E-state index contributed by atoms with van der Waals surface area (Å²) in [5.74, 6) is -0.170. The van der Waals surface area contributed by atoms with Gasteiger partial charge in [-0.25, -0.2) is 9.67 Å². The van der Waals surface area contributed by atoms with Gasteiger partial charge in [0, 0.05) is 18.5 Å². The first-order chi connectivity index (χ1) is 14.1. The van der Waals surface area contributed by atoms with Crippen molar-refractivity contribution < 1.29 is 9.59 Å². The van der Waals surface area contributed by atoms with Crippen LogP contribution in [0.1, 0.15) is 5.56 Å². The number of amides is 2. The van der Waals surface area contributed by atoms with Crippen LogP contribution in [0.5, 0.6) is 0 Å². The zero-order chi connectivity index (χ0) is 20.6. The summed E-state index contributed by atoms with van der Waals surface area (Å²) in [5.41, 5.74) is 1.78. The molecule has 0 unspecified atom stereocenters. The van der Waals surface area contributed by atoms with Crippen LogP contribution in [0.25, 0.3) is 5.69 Å². The Morgan fingerprint density at radius 3 is 2.59 bits per heavy atom. The molecule has 9 heteroatoms. The first-order valence-corrected chi connectivity index (χ1v) is 10.2. The molecule has 0 radical (unpaired) electrons. The fraction of sp³-hybridized carbons (Fsp3) is 0.200. The quantitative estimate of drug-likeness (QED) is 0.557. The van der Waals surface area contributed by atoms with Crippen LogP contribution in [0, 0.1) is 0 Å². The molecule has 2 aromatic carbocycles. The molecular formula is C20H20ClN5O2S. The van der Waals surface area contributed by atoms with E-state index in [0.717, 1.165) is 16.1 Å². The van der Waals surface area contributed by atoms with Gasteiger partial charge in [0.25, 0.3) is 0 Å². The summed E-state index contributed by atoms with van der Waals surface area (Å²) < 4.78 is 1.65. The summed E-state index contributed by atoms with van der Waals surface area (Å²) in [7, 11) is 1.55. The minimum Gasteiger partial charge on any atom is -0.358 e. The van der Waals surface area contributed by atoms with E-state index in [9.17, 15) is 9.59 Å². The third-order valence-corrected chi connectivity index (χ3v) is 5.65. The standard InChI is InChI=1S/C20H20ClN5O2S/c1-22-19(27)11-25(20(28)12-29-18-5-3-2-4-17(18)21)10-15-6-8-16(9-7-15)26-14-23-13-24-26/h2-9,13-14H,10-12H2,1H3,(H,22,27). The maximum atomic E-state index is 12.8. The number of carbonyl (C=O) groups is 2. The van der Waals surface area contributed by atoms with E-state index in [2.05, 4.69) is 15.4 Å². The number of rotatable bonds is 8. The Morgan fingerprint density at radius 1 is 1.17 bits per heavy atom. The summed E-state index contributed by atoms with van der Waals surface area (Å²) in [6.07, 6.45) is 3.08. The lowest BCUT2D eigenvalue weighted by molar-refractivity contribution is -0.134. The molecule has 7 nitrogen and oxygen atoms in total. The molecular weight excluding hydrogens is 410 g/mol. The zero-order valence-corrected chi connectivity index (χ0v) is 17.4. The number of nitrogens with zero attached hydrogens (tertiary/aromatic N) is 4. The average Bonchev–Trinajstić information content (AvgIpc) is 3.27. The van der Waals surface area contributed by atoms with Crippen LogP contribution in [-0.4, -0.2) is 50.8 Å². The summed E-state index contributed by atoms with van der Waals surface area (Å²) in [6, 6.07) is 15.0. The van der Waals surface area contributed by atoms with E-state index in [1.807, 2.05) is 42.5 Å². The van der Waals surface area contributed by atoms with E-state index in [1.165, 1.54) is 23.0 Å². The van der Waals surface area contributed by atoms with Gasteiger partial charge in [-0.1, -0.05) is 35.9 Å². The molecule has 0 aliphatic rings. The second kappa shape index (κ2) is 10.1. The number of carbonyl (C=O) groups excluding carboxylic acids is 2. The highest BCUT2D eigenvalue weighted by atomic mass is 35.5. The molecule has 0 fully saturated rings. The molecule has 3 aromatic rings. The Kier molecular flexibility index (Phi) is 7.26. The molecule has 1 N–H and O–H groups in total. The summed E-state index contributed by atoms with van der Waals surface area (Å²) in [4.78, 5) is 31.0. The molecule has 0 aliphatic carbocycles. The van der Waals surface area contributed by atoms with Crippen molar-refractivity contribution in [2.24, 2.45) is 0 Å². The lowest BCUT2D eigenvalue weighted by Gasteiger charge is -2.22. The largest absolute Gasteiger partial charge is 0.358 e. The van der Waals surface area contributed by atoms with Crippen molar-refractivity contribution in [1.29, 1.82) is 0 Å². The van der Waals surface area contributed by atoms with Gasteiger partial charge in [-0.05, 0) is 29.8 Å². The van der Waals surface area contributed by atoms with E-state index in [0.29, 0.717) is 11.6 Å². The topological polar surface area (TPSA) is 80.1 Å². The lowest BCUT2D eigenvalue weighted by atomic mass is 10.2. The lowest BCUT2D eigenvalue weighted by Crippen LogP contribution is -2.40. The SMILES string of the molecule is CNC(=O)CN(Cc1ccc(-n2cncn2)cc1)C(=O)CSc1ccccc1Cl. The maximum absolute atomic E-state index is 12.8. The fourth-order valence-electron chi connectivity index (χ4n) is 2.59. The number of hydrogen-bond acceptors (Lipinski definition) is 5. The molecule has 150 valence electrons. The van der Waals surface area contributed by atoms with E-state index >= 15 is 0 Å². The van der Waals surface area contributed by atoms with Crippen molar-refractivity contribution in [3.63, 3.8) is 0 Å². The Labute approximate surface area is 178 Å². The molecule has 0 saturated carbocycles. The predicted molar refractivity (Wildman–Crippen MR) is 113 cm³/mol. The van der Waals surface area contributed by atoms with Gasteiger partial charge in [-0.15, -0.1) is 11.8 Å². The zero-order valence-electron chi connectivity index (χ0n) is 15.8. The second-order valence-corrected chi connectivity index (χ2v) is 7.57. The highest BCUT2D eigenvalue weighted by Crippen LogP contribution is 2.26. The maximum Gasteiger partial charge on any atom is 0.239 e. The number of halogens is 1. The van der Waals surface area contributed by atoms with Crippen LogP contribution in [0.2, 0.25) is 5.02 Å². The number of likely N-dealkylation sites (N-methyl/N-ethyl adjacent to an activating group) is 1. The Balaban J connectivity index is 1.68. The third kappa shape index (κ3) is 5.82. The Bertz CT molecular complexity index is 963. The Hall–Kier alpha value is -2.84. The van der Waals surface area contributed by atoms with E-state index in [4.69, 9.17) is 11.6 Å². The molecule has 2 amide bonds. The molecule has 1 aromatic heterocycles. The molecule has 0 saturated heterocycles. The fourth-order valence-corrected chi connectivity index (χ4v) is 3.73. The van der Waals surface area contributed by atoms with Gasteiger partial charge in [0.2, 0.25) is 11.8 Å². The highest BCUT2D eigenvalue weighted by molar-refractivity contribution is 8.00. The Morgan fingerprint density at radius 2 is 1.93 bits per heavy atom. The predicted octanol–water partition coefficient (Wildman–Crippen LogP) is 2.79. The van der Waals surface area contributed by atoms with Crippen molar-refractivity contribution in [2.75, 3.05) is 19.3 Å². The number of thioether (sulfide) groups is 1. The minimum atomic E-state index is -0.222. The summed E-state index contributed by atoms with van der Waals surface area (Å²) in [5, 5.41) is 7.26. The average molecular weight is 430 g/mol. The monoisotopic (exact) mass is 429 g/mol. The van der Waals surface area contributed by atoms with Crippen molar-refractivity contribution in [3.8, 4) is 5.69 Å². The number of benzene rings is 2. The smallest absolute Gasteiger partial charge is 0.239 e. The van der Waals surface area contributed by atoms with Crippen molar-refractivity contribution in [2.45, 2.75) is 11.4 Å². The number of nitrogens with one attached hydrogen (secondary N) is 1. The van der Waals surface area contributed by atoms with Gasteiger partial charge < -0.3 is 10.2 Å². The van der Waals surface area contributed by atoms with Crippen LogP contribution < -0.4 is 5.32 Å². The van der Waals surface area contributed by atoms with Gasteiger partial charge in [0.15, 0.2) is 0 Å². The van der Waals surface area contributed by atoms with E-state index in [-0.39, 0.29) is 24.1 Å². The van der Waals surface area contributed by atoms with Crippen molar-refractivity contribution in [3.05, 3.63) is 71.8 Å². The number of aromatic nitrogens is 3. The molecule has 29 heavy (non-hydrogen) atoms. The summed E-state index contributed by atoms with van der Waals surface area (Å²) in [6.45, 7) is 0.316. The second-order valence-electron chi connectivity index (χ2n) is 6.15. The van der Waals surface area contributed by atoms with Gasteiger partial charge in [-0.2, -0.15) is 5.10 Å². The number of hydrogen-bond donors (Lipinski definition) is 1. The van der Waals surface area contributed by atoms with Gasteiger partial charge in [0.1, 0.15) is 12.7 Å². The highest BCUT2D eigenvalue weighted by Gasteiger charge is 2.18. The van der Waals surface area contributed by atoms with Crippen LogP contribution in [0.4, 0.5) is 0 Å². The van der Waals surface area contributed by atoms with Crippen molar-refractivity contribution in [1.82, 2.24) is 25.0 Å². The van der Waals surface area contributed by atoms with Gasteiger partial charge >= 0.3 is 0 Å². The van der Waals surface area contributed by atoms with E-state index < -0.39 is 0 Å². The summed E-state index contributed by atoms with van der Waals surface area (Å²) >= 11 is 7.52. The van der Waals surface area contributed by atoms with Crippen LogP contribution in [0.3, 0.4) is 0 Å². The van der Waals surface area contributed by atoms with Crippen LogP contribution in [-0.2, 0) is 16.1 Å².